The number of carboxylic acid groups (broad SMARTS) is 1. The summed E-state index contributed by atoms with van der Waals surface area (Å²) < 4.78 is 17.8. The number of carbonyl (C=O) groups is 1. The number of ether oxygens (including phenoxy) is 1. The van der Waals surface area contributed by atoms with E-state index in [4.69, 9.17) is 5.11 Å². The lowest BCUT2D eigenvalue weighted by molar-refractivity contribution is -0.136. The largest absolute Gasteiger partial charge is 0.481 e. The molecule has 0 saturated heterocycles. The lowest BCUT2D eigenvalue weighted by Gasteiger charge is -2.04. The van der Waals surface area contributed by atoms with Gasteiger partial charge in [0, 0.05) is 0 Å². The van der Waals surface area contributed by atoms with Crippen molar-refractivity contribution in [2.45, 2.75) is 13.3 Å². The van der Waals surface area contributed by atoms with Crippen LogP contribution in [-0.2, 0) is 11.2 Å². The molecule has 0 aliphatic heterocycles. The van der Waals surface area contributed by atoms with E-state index in [0.29, 0.717) is 0 Å². The number of rotatable bonds is 3. The highest BCUT2D eigenvalue weighted by Crippen LogP contribution is 2.15. The molecule has 0 unspecified atom stereocenters. The molecule has 1 aromatic rings. The van der Waals surface area contributed by atoms with Gasteiger partial charge in [-0.15, -0.1) is 0 Å². The number of carboxylic acids is 1. The van der Waals surface area contributed by atoms with Crippen LogP contribution in [0.4, 0.5) is 4.39 Å². The van der Waals surface area contributed by atoms with E-state index in [0.717, 1.165) is 0 Å². The third-order valence-corrected chi connectivity index (χ3v) is 1.54. The van der Waals surface area contributed by atoms with E-state index in [1.807, 2.05) is 0 Å². The summed E-state index contributed by atoms with van der Waals surface area (Å²) in [5.41, 5.74) is 0.0769. The summed E-state index contributed by atoms with van der Waals surface area (Å²) in [7, 11) is 1.26. The molecule has 0 saturated carbocycles. The Balaban J connectivity index is 3.09. The van der Waals surface area contributed by atoms with Gasteiger partial charge in [0.25, 0.3) is 5.88 Å². The summed E-state index contributed by atoms with van der Waals surface area (Å²) in [4.78, 5) is 17.6. The van der Waals surface area contributed by atoms with Gasteiger partial charge in [-0.25, -0.2) is 4.98 Å². The summed E-state index contributed by atoms with van der Waals surface area (Å²) in [6.45, 7) is 1.42. The van der Waals surface area contributed by atoms with Crippen LogP contribution in [0.25, 0.3) is 0 Å². The first-order chi connectivity index (χ1) is 6.54. The van der Waals surface area contributed by atoms with Crippen molar-refractivity contribution in [2.75, 3.05) is 7.11 Å². The molecule has 1 rings (SSSR count). The fraction of sp³-hybridized carbons (Fsp3) is 0.375. The molecule has 1 heterocycles. The Morgan fingerprint density at radius 1 is 1.57 bits per heavy atom. The van der Waals surface area contributed by atoms with Gasteiger partial charge in [-0.3, -0.25) is 4.79 Å². The molecule has 0 bridgehead atoms. The predicted molar refractivity (Wildman–Crippen MR) is 44.6 cm³/mol. The Hall–Kier alpha value is -1.72. The Labute approximate surface area is 79.6 Å². The molecule has 0 spiro atoms. The van der Waals surface area contributed by atoms with Gasteiger partial charge >= 0.3 is 5.97 Å². The number of nitrogens with zero attached hydrogens (tertiary/aromatic N) is 2. The van der Waals surface area contributed by atoms with Crippen molar-refractivity contribution in [3.63, 3.8) is 0 Å². The van der Waals surface area contributed by atoms with Crippen LogP contribution >= 0.6 is 0 Å². The maximum Gasteiger partial charge on any atom is 0.311 e. The zero-order valence-electron chi connectivity index (χ0n) is 7.74. The number of halogens is 1. The molecule has 76 valence electrons. The van der Waals surface area contributed by atoms with Gasteiger partial charge in [-0.05, 0) is 6.92 Å². The molecule has 0 aromatic carbocycles. The fourth-order valence-corrected chi connectivity index (χ4v) is 0.938. The van der Waals surface area contributed by atoms with Gasteiger partial charge in [0.05, 0.1) is 12.8 Å². The number of aromatic nitrogens is 2. The maximum atomic E-state index is 13.1. The normalized spacial score (nSPS) is 9.93. The molecule has 0 fully saturated rings. The molecular formula is C8H9FN2O3. The van der Waals surface area contributed by atoms with E-state index in [-0.39, 0.29) is 23.8 Å². The van der Waals surface area contributed by atoms with Gasteiger partial charge < -0.3 is 9.84 Å². The van der Waals surface area contributed by atoms with Gasteiger partial charge in [0.2, 0.25) is 5.82 Å². The van der Waals surface area contributed by atoms with Crippen LogP contribution in [0.3, 0.4) is 0 Å². The molecule has 0 atom stereocenters. The second kappa shape index (κ2) is 3.99. The Morgan fingerprint density at radius 3 is 2.71 bits per heavy atom. The molecule has 6 heteroatoms. The van der Waals surface area contributed by atoms with Crippen molar-refractivity contribution in [3.8, 4) is 5.88 Å². The van der Waals surface area contributed by atoms with Crippen LogP contribution in [0.1, 0.15) is 11.5 Å². The van der Waals surface area contributed by atoms with E-state index in [9.17, 15) is 9.18 Å². The minimum atomic E-state index is -1.07. The first-order valence-corrected chi connectivity index (χ1v) is 3.83. The maximum absolute atomic E-state index is 13.1. The molecule has 1 aromatic heterocycles. The number of aryl methyl sites for hydroxylation is 1. The van der Waals surface area contributed by atoms with Gasteiger partial charge in [-0.1, -0.05) is 0 Å². The SMILES string of the molecule is COc1nc(CC(=O)O)nc(C)c1F. The van der Waals surface area contributed by atoms with Crippen molar-refractivity contribution in [1.29, 1.82) is 0 Å². The number of hydrogen-bond donors (Lipinski definition) is 1. The Morgan fingerprint density at radius 2 is 2.21 bits per heavy atom. The lowest BCUT2D eigenvalue weighted by Crippen LogP contribution is -2.08. The van der Waals surface area contributed by atoms with Crippen molar-refractivity contribution in [3.05, 3.63) is 17.3 Å². The molecule has 0 aliphatic rings. The predicted octanol–water partition coefficient (Wildman–Crippen LogP) is 0.560. The quantitative estimate of drug-likeness (QED) is 0.771. The third-order valence-electron chi connectivity index (χ3n) is 1.54. The van der Waals surface area contributed by atoms with Crippen LogP contribution in [0.15, 0.2) is 0 Å². The van der Waals surface area contributed by atoms with Crippen LogP contribution in [0.2, 0.25) is 0 Å². The van der Waals surface area contributed by atoms with E-state index < -0.39 is 11.8 Å². The summed E-state index contributed by atoms with van der Waals surface area (Å²) in [6, 6.07) is 0. The van der Waals surface area contributed by atoms with Gasteiger partial charge in [0.15, 0.2) is 0 Å². The highest BCUT2D eigenvalue weighted by atomic mass is 19.1. The highest BCUT2D eigenvalue weighted by Gasteiger charge is 2.13. The molecule has 14 heavy (non-hydrogen) atoms. The first-order valence-electron chi connectivity index (χ1n) is 3.83. The molecule has 0 amide bonds. The summed E-state index contributed by atoms with van der Waals surface area (Å²) in [5.74, 6) is -1.93. The van der Waals surface area contributed by atoms with Crippen molar-refractivity contribution < 1.29 is 19.0 Å². The van der Waals surface area contributed by atoms with E-state index in [1.54, 1.807) is 0 Å². The van der Waals surface area contributed by atoms with Crippen molar-refractivity contribution >= 4 is 5.97 Å². The molecular weight excluding hydrogens is 191 g/mol. The zero-order chi connectivity index (χ0) is 10.7. The molecule has 0 aliphatic carbocycles. The second-order valence-electron chi connectivity index (χ2n) is 2.62. The number of methoxy groups -OCH3 is 1. The topological polar surface area (TPSA) is 72.3 Å². The monoisotopic (exact) mass is 200 g/mol. The molecule has 1 N–H and O–H groups in total. The van der Waals surface area contributed by atoms with E-state index >= 15 is 0 Å². The van der Waals surface area contributed by atoms with Gasteiger partial charge in [-0.2, -0.15) is 9.37 Å². The minimum absolute atomic E-state index is 0.0354. The fourth-order valence-electron chi connectivity index (χ4n) is 0.938. The van der Waals surface area contributed by atoms with Crippen molar-refractivity contribution in [2.24, 2.45) is 0 Å². The third kappa shape index (κ3) is 2.15. The van der Waals surface area contributed by atoms with Crippen LogP contribution in [-0.4, -0.2) is 28.2 Å². The smallest absolute Gasteiger partial charge is 0.311 e. The van der Waals surface area contributed by atoms with E-state index in [2.05, 4.69) is 14.7 Å². The van der Waals surface area contributed by atoms with Crippen LogP contribution < -0.4 is 4.74 Å². The second-order valence-corrected chi connectivity index (χ2v) is 2.62. The lowest BCUT2D eigenvalue weighted by atomic mass is 10.3. The van der Waals surface area contributed by atoms with E-state index in [1.165, 1.54) is 14.0 Å². The average Bonchev–Trinajstić information content (AvgIpc) is 2.10. The summed E-state index contributed by atoms with van der Waals surface area (Å²) in [6.07, 6.45) is -0.350. The Kier molecular flexibility index (Phi) is 2.95. The standard InChI is InChI=1S/C8H9FN2O3/c1-4-7(9)8(14-2)11-5(10-4)3-6(12)13/h3H2,1-2H3,(H,12,13). The summed E-state index contributed by atoms with van der Waals surface area (Å²) >= 11 is 0. The van der Waals surface area contributed by atoms with Crippen LogP contribution in [0.5, 0.6) is 5.88 Å². The molecule has 0 radical (unpaired) electrons. The first kappa shape index (κ1) is 10.4. The zero-order valence-corrected chi connectivity index (χ0v) is 7.74. The van der Waals surface area contributed by atoms with Crippen molar-refractivity contribution in [1.82, 2.24) is 9.97 Å². The number of aliphatic carboxylic acids is 1. The van der Waals surface area contributed by atoms with Crippen LogP contribution in [0, 0.1) is 12.7 Å². The van der Waals surface area contributed by atoms with Gasteiger partial charge in [0.1, 0.15) is 12.2 Å². The molecule has 5 nitrogen and oxygen atoms in total. The highest BCUT2D eigenvalue weighted by molar-refractivity contribution is 5.69. The average molecular weight is 200 g/mol. The minimum Gasteiger partial charge on any atom is -0.481 e. The Bertz CT molecular complexity index is 368. The number of hydrogen-bond acceptors (Lipinski definition) is 4. The summed E-state index contributed by atoms with van der Waals surface area (Å²) in [5, 5.41) is 8.48.